The minimum absolute atomic E-state index is 0.127. The predicted octanol–water partition coefficient (Wildman–Crippen LogP) is 1.37. The molecule has 0 spiro atoms. The first-order valence-electron chi connectivity index (χ1n) is 6.55. The van der Waals surface area contributed by atoms with E-state index in [-0.39, 0.29) is 11.9 Å². The minimum atomic E-state index is -0.146. The second kappa shape index (κ2) is 7.09. The van der Waals surface area contributed by atoms with Gasteiger partial charge >= 0.3 is 0 Å². The lowest BCUT2D eigenvalue weighted by Gasteiger charge is -2.23. The summed E-state index contributed by atoms with van der Waals surface area (Å²) in [7, 11) is 4.00. The summed E-state index contributed by atoms with van der Waals surface area (Å²) in [5, 5.41) is 3.03. The smallest absolute Gasteiger partial charge is 0.270 e. The highest BCUT2D eigenvalue weighted by atomic mass is 16.1. The van der Waals surface area contributed by atoms with Gasteiger partial charge in [0, 0.05) is 12.6 Å². The lowest BCUT2D eigenvalue weighted by Crippen LogP contribution is -2.42. The SMILES string of the molecule is CC(C)CC(CN(C)C)NC(=O)c1ccc(N)cn1. The molecule has 0 radical (unpaired) electrons. The van der Waals surface area contributed by atoms with Crippen LogP contribution in [-0.4, -0.2) is 42.5 Å². The number of rotatable bonds is 6. The molecule has 1 aromatic heterocycles. The maximum atomic E-state index is 12.1. The number of likely N-dealkylation sites (N-methyl/N-ethyl adjacent to an activating group) is 1. The van der Waals surface area contributed by atoms with Gasteiger partial charge < -0.3 is 16.0 Å². The Balaban J connectivity index is 2.66. The van der Waals surface area contributed by atoms with Crippen LogP contribution in [0.25, 0.3) is 0 Å². The van der Waals surface area contributed by atoms with Crippen LogP contribution >= 0.6 is 0 Å². The molecule has 0 saturated heterocycles. The maximum absolute atomic E-state index is 12.1. The number of aromatic nitrogens is 1. The van der Waals surface area contributed by atoms with Gasteiger partial charge in [0.15, 0.2) is 0 Å². The van der Waals surface area contributed by atoms with Gasteiger partial charge in [-0.05, 0) is 38.6 Å². The molecule has 1 heterocycles. The molecule has 19 heavy (non-hydrogen) atoms. The molecule has 0 aliphatic carbocycles. The minimum Gasteiger partial charge on any atom is -0.397 e. The number of nitrogens with zero attached hydrogens (tertiary/aromatic N) is 2. The topological polar surface area (TPSA) is 71.2 Å². The molecule has 1 rings (SSSR count). The van der Waals surface area contributed by atoms with Crippen LogP contribution in [0.2, 0.25) is 0 Å². The van der Waals surface area contributed by atoms with E-state index in [1.165, 1.54) is 6.20 Å². The van der Waals surface area contributed by atoms with Gasteiger partial charge in [0.2, 0.25) is 0 Å². The van der Waals surface area contributed by atoms with E-state index in [4.69, 9.17) is 5.73 Å². The van der Waals surface area contributed by atoms with Crippen molar-refractivity contribution in [1.82, 2.24) is 15.2 Å². The Morgan fingerprint density at radius 3 is 2.58 bits per heavy atom. The number of carbonyl (C=O) groups is 1. The third-order valence-electron chi connectivity index (χ3n) is 2.70. The van der Waals surface area contributed by atoms with E-state index in [1.807, 2.05) is 14.1 Å². The molecule has 1 amide bonds. The van der Waals surface area contributed by atoms with E-state index in [9.17, 15) is 4.79 Å². The molecule has 0 fully saturated rings. The molecule has 1 aromatic rings. The van der Waals surface area contributed by atoms with Crippen LogP contribution in [0, 0.1) is 5.92 Å². The van der Waals surface area contributed by atoms with Gasteiger partial charge in [-0.1, -0.05) is 13.8 Å². The Morgan fingerprint density at radius 1 is 1.42 bits per heavy atom. The van der Waals surface area contributed by atoms with Crippen molar-refractivity contribution in [1.29, 1.82) is 0 Å². The summed E-state index contributed by atoms with van der Waals surface area (Å²) in [5.41, 5.74) is 6.52. The summed E-state index contributed by atoms with van der Waals surface area (Å²) >= 11 is 0. The van der Waals surface area contributed by atoms with E-state index >= 15 is 0 Å². The summed E-state index contributed by atoms with van der Waals surface area (Å²) in [6.45, 7) is 5.12. The fourth-order valence-corrected chi connectivity index (χ4v) is 1.99. The average molecular weight is 264 g/mol. The zero-order valence-electron chi connectivity index (χ0n) is 12.2. The van der Waals surface area contributed by atoms with Crippen molar-refractivity contribution >= 4 is 11.6 Å². The number of nitrogens with two attached hydrogens (primary N) is 1. The molecule has 0 aliphatic rings. The Kier molecular flexibility index (Phi) is 5.76. The highest BCUT2D eigenvalue weighted by Crippen LogP contribution is 2.07. The van der Waals surface area contributed by atoms with E-state index < -0.39 is 0 Å². The van der Waals surface area contributed by atoms with Gasteiger partial charge in [-0.25, -0.2) is 4.98 Å². The number of hydrogen-bond donors (Lipinski definition) is 2. The highest BCUT2D eigenvalue weighted by Gasteiger charge is 2.16. The number of carbonyl (C=O) groups excluding carboxylic acids is 1. The molecule has 0 saturated carbocycles. The van der Waals surface area contributed by atoms with Crippen molar-refractivity contribution < 1.29 is 4.79 Å². The van der Waals surface area contributed by atoms with E-state index in [0.29, 0.717) is 17.3 Å². The van der Waals surface area contributed by atoms with Crippen molar-refractivity contribution in [2.45, 2.75) is 26.3 Å². The number of pyridine rings is 1. The number of nitrogen functional groups attached to an aromatic ring is 1. The standard InChI is InChI=1S/C14H24N4O/c1-10(2)7-12(9-18(3)4)17-14(19)13-6-5-11(15)8-16-13/h5-6,8,10,12H,7,9,15H2,1-4H3,(H,17,19). The molecule has 3 N–H and O–H groups in total. The number of hydrogen-bond acceptors (Lipinski definition) is 4. The lowest BCUT2D eigenvalue weighted by molar-refractivity contribution is 0.0919. The van der Waals surface area contributed by atoms with Crippen LogP contribution in [0.4, 0.5) is 5.69 Å². The molecular formula is C14H24N4O. The summed E-state index contributed by atoms with van der Waals surface area (Å²) < 4.78 is 0. The maximum Gasteiger partial charge on any atom is 0.270 e. The zero-order valence-corrected chi connectivity index (χ0v) is 12.2. The average Bonchev–Trinajstić information content (AvgIpc) is 2.27. The van der Waals surface area contributed by atoms with Crippen LogP contribution in [-0.2, 0) is 0 Å². The van der Waals surface area contributed by atoms with Gasteiger partial charge in [-0.2, -0.15) is 0 Å². The van der Waals surface area contributed by atoms with Crippen molar-refractivity contribution in [3.8, 4) is 0 Å². The summed E-state index contributed by atoms with van der Waals surface area (Å²) in [6.07, 6.45) is 2.44. The normalized spacial score (nSPS) is 12.7. The molecule has 1 unspecified atom stereocenters. The quantitative estimate of drug-likeness (QED) is 0.814. The molecule has 5 heteroatoms. The second-order valence-corrected chi connectivity index (χ2v) is 5.54. The highest BCUT2D eigenvalue weighted by molar-refractivity contribution is 5.92. The molecule has 0 aliphatic heterocycles. The van der Waals surface area contributed by atoms with E-state index in [2.05, 4.69) is 29.0 Å². The van der Waals surface area contributed by atoms with Crippen LogP contribution in [0.5, 0.6) is 0 Å². The Hall–Kier alpha value is -1.62. The fraction of sp³-hybridized carbons (Fsp3) is 0.571. The molecular weight excluding hydrogens is 240 g/mol. The zero-order chi connectivity index (χ0) is 14.4. The Bertz CT molecular complexity index is 390. The monoisotopic (exact) mass is 264 g/mol. The first-order chi connectivity index (χ1) is 8.88. The van der Waals surface area contributed by atoms with Gasteiger partial charge in [0.1, 0.15) is 5.69 Å². The largest absolute Gasteiger partial charge is 0.397 e. The summed E-state index contributed by atoms with van der Waals surface area (Å²) in [5.74, 6) is 0.386. The first kappa shape index (κ1) is 15.4. The van der Waals surface area contributed by atoms with Crippen molar-refractivity contribution in [2.24, 2.45) is 5.92 Å². The van der Waals surface area contributed by atoms with Crippen LogP contribution < -0.4 is 11.1 Å². The van der Waals surface area contributed by atoms with Gasteiger partial charge in [0.05, 0.1) is 11.9 Å². The van der Waals surface area contributed by atoms with Gasteiger partial charge in [0.25, 0.3) is 5.91 Å². The second-order valence-electron chi connectivity index (χ2n) is 5.54. The number of nitrogens with one attached hydrogen (secondary N) is 1. The number of anilines is 1. The first-order valence-corrected chi connectivity index (χ1v) is 6.55. The third kappa shape index (κ3) is 5.70. The summed E-state index contributed by atoms with van der Waals surface area (Å²) in [6, 6.07) is 3.46. The van der Waals surface area contributed by atoms with Crippen molar-refractivity contribution in [3.05, 3.63) is 24.0 Å². The Morgan fingerprint density at radius 2 is 2.11 bits per heavy atom. The van der Waals surface area contributed by atoms with E-state index in [1.54, 1.807) is 12.1 Å². The van der Waals surface area contributed by atoms with Crippen LogP contribution in [0.3, 0.4) is 0 Å². The molecule has 106 valence electrons. The van der Waals surface area contributed by atoms with E-state index in [0.717, 1.165) is 13.0 Å². The predicted molar refractivity (Wildman–Crippen MR) is 77.9 cm³/mol. The Labute approximate surface area is 115 Å². The summed E-state index contributed by atoms with van der Waals surface area (Å²) in [4.78, 5) is 18.2. The third-order valence-corrected chi connectivity index (χ3v) is 2.70. The van der Waals surface area contributed by atoms with Crippen molar-refractivity contribution in [2.75, 3.05) is 26.4 Å². The fourth-order valence-electron chi connectivity index (χ4n) is 1.99. The van der Waals surface area contributed by atoms with Crippen LogP contribution in [0.1, 0.15) is 30.8 Å². The van der Waals surface area contributed by atoms with Crippen molar-refractivity contribution in [3.63, 3.8) is 0 Å². The molecule has 1 atom stereocenters. The lowest BCUT2D eigenvalue weighted by atomic mass is 10.0. The molecule has 5 nitrogen and oxygen atoms in total. The van der Waals surface area contributed by atoms with Gasteiger partial charge in [-0.3, -0.25) is 4.79 Å². The van der Waals surface area contributed by atoms with Crippen LogP contribution in [0.15, 0.2) is 18.3 Å². The van der Waals surface area contributed by atoms with Gasteiger partial charge in [-0.15, -0.1) is 0 Å². The number of amides is 1. The molecule has 0 bridgehead atoms. The molecule has 0 aromatic carbocycles.